The molecule has 2 atom stereocenters. The zero-order valence-corrected chi connectivity index (χ0v) is 13.2. The van der Waals surface area contributed by atoms with Gasteiger partial charge in [-0.2, -0.15) is 0 Å². The molecule has 126 valence electrons. The predicted molar refractivity (Wildman–Crippen MR) is 86.9 cm³/mol. The summed E-state index contributed by atoms with van der Waals surface area (Å²) in [5, 5.41) is 12.3. The van der Waals surface area contributed by atoms with Gasteiger partial charge < -0.3 is 20.2 Å². The summed E-state index contributed by atoms with van der Waals surface area (Å²) in [6.07, 6.45) is 2.85. The molecule has 2 saturated heterocycles. The van der Waals surface area contributed by atoms with E-state index in [0.29, 0.717) is 12.5 Å². The molecule has 3 rings (SSSR count). The lowest BCUT2D eigenvalue weighted by atomic mass is 10.1. The van der Waals surface area contributed by atoms with Gasteiger partial charge in [-0.1, -0.05) is 0 Å². The summed E-state index contributed by atoms with van der Waals surface area (Å²) in [6, 6.07) is 6.45. The Labute approximate surface area is 136 Å². The molecule has 2 unspecified atom stereocenters. The van der Waals surface area contributed by atoms with Crippen LogP contribution in [0.25, 0.3) is 0 Å². The molecule has 0 spiro atoms. The van der Waals surface area contributed by atoms with Crippen LogP contribution in [0.2, 0.25) is 0 Å². The van der Waals surface area contributed by atoms with Crippen LogP contribution in [-0.4, -0.2) is 54.9 Å². The van der Waals surface area contributed by atoms with Gasteiger partial charge in [0.1, 0.15) is 5.82 Å². The van der Waals surface area contributed by atoms with Gasteiger partial charge in [-0.15, -0.1) is 0 Å². The summed E-state index contributed by atoms with van der Waals surface area (Å²) < 4.78 is 13.0. The highest BCUT2D eigenvalue weighted by molar-refractivity contribution is 5.74. The Morgan fingerprint density at radius 3 is 2.78 bits per heavy atom. The maximum absolute atomic E-state index is 13.0. The molecule has 2 heterocycles. The largest absolute Gasteiger partial charge is 0.394 e. The van der Waals surface area contributed by atoms with Gasteiger partial charge in [0.05, 0.1) is 12.6 Å². The SMILES string of the molecule is O=C(NCC1CCN(c2ccc(F)cc2)C1)N1CCCC1CO. The smallest absolute Gasteiger partial charge is 0.317 e. The van der Waals surface area contributed by atoms with Crippen LogP contribution in [0, 0.1) is 11.7 Å². The molecule has 23 heavy (non-hydrogen) atoms. The lowest BCUT2D eigenvalue weighted by Crippen LogP contribution is -2.45. The highest BCUT2D eigenvalue weighted by atomic mass is 19.1. The number of nitrogens with zero attached hydrogens (tertiary/aromatic N) is 2. The number of halogens is 1. The Hall–Kier alpha value is -1.82. The van der Waals surface area contributed by atoms with Crippen LogP contribution in [0.5, 0.6) is 0 Å². The maximum Gasteiger partial charge on any atom is 0.317 e. The minimum absolute atomic E-state index is 0.0331. The number of rotatable bonds is 4. The molecule has 0 aliphatic carbocycles. The van der Waals surface area contributed by atoms with E-state index in [1.165, 1.54) is 12.1 Å². The summed E-state index contributed by atoms with van der Waals surface area (Å²) in [5.74, 6) is 0.181. The van der Waals surface area contributed by atoms with E-state index >= 15 is 0 Å². The first kappa shape index (κ1) is 16.1. The second-order valence-corrected chi connectivity index (χ2v) is 6.44. The summed E-state index contributed by atoms with van der Waals surface area (Å²) >= 11 is 0. The predicted octanol–water partition coefficient (Wildman–Crippen LogP) is 1.82. The van der Waals surface area contributed by atoms with Crippen molar-refractivity contribution in [2.45, 2.75) is 25.3 Å². The van der Waals surface area contributed by atoms with Crippen LogP contribution >= 0.6 is 0 Å². The van der Waals surface area contributed by atoms with Crippen molar-refractivity contribution in [3.05, 3.63) is 30.1 Å². The first-order valence-corrected chi connectivity index (χ1v) is 8.33. The molecule has 1 aromatic carbocycles. The molecule has 0 bridgehead atoms. The van der Waals surface area contributed by atoms with Crippen molar-refractivity contribution in [2.75, 3.05) is 37.7 Å². The number of aliphatic hydroxyl groups excluding tert-OH is 1. The zero-order valence-electron chi connectivity index (χ0n) is 13.2. The van der Waals surface area contributed by atoms with Crippen LogP contribution in [0.4, 0.5) is 14.9 Å². The Bertz CT molecular complexity index is 537. The highest BCUT2D eigenvalue weighted by Crippen LogP contribution is 2.24. The van der Waals surface area contributed by atoms with Gasteiger partial charge in [0.2, 0.25) is 0 Å². The minimum Gasteiger partial charge on any atom is -0.394 e. The molecule has 2 fully saturated rings. The Balaban J connectivity index is 1.46. The average molecular weight is 321 g/mol. The van der Waals surface area contributed by atoms with Crippen molar-refractivity contribution < 1.29 is 14.3 Å². The quantitative estimate of drug-likeness (QED) is 0.889. The fourth-order valence-corrected chi connectivity index (χ4v) is 3.51. The van der Waals surface area contributed by atoms with Gasteiger partial charge in [-0.25, -0.2) is 9.18 Å². The van der Waals surface area contributed by atoms with E-state index < -0.39 is 0 Å². The van der Waals surface area contributed by atoms with Crippen LogP contribution in [0.15, 0.2) is 24.3 Å². The van der Waals surface area contributed by atoms with E-state index in [1.807, 2.05) is 0 Å². The summed E-state index contributed by atoms with van der Waals surface area (Å²) in [4.78, 5) is 16.2. The van der Waals surface area contributed by atoms with Crippen molar-refractivity contribution in [1.82, 2.24) is 10.2 Å². The number of carbonyl (C=O) groups is 1. The fraction of sp³-hybridized carbons (Fsp3) is 0.588. The molecule has 2 N–H and O–H groups in total. The summed E-state index contributed by atoms with van der Waals surface area (Å²) in [5.41, 5.74) is 1.03. The molecule has 6 heteroatoms. The van der Waals surface area contributed by atoms with Gasteiger partial charge >= 0.3 is 6.03 Å². The lowest BCUT2D eigenvalue weighted by Gasteiger charge is -2.24. The van der Waals surface area contributed by atoms with Gasteiger partial charge in [-0.3, -0.25) is 0 Å². The van der Waals surface area contributed by atoms with E-state index in [-0.39, 0.29) is 24.5 Å². The third-order valence-corrected chi connectivity index (χ3v) is 4.87. The number of carbonyl (C=O) groups excluding carboxylic acids is 1. The van der Waals surface area contributed by atoms with Crippen molar-refractivity contribution in [3.63, 3.8) is 0 Å². The molecule has 0 saturated carbocycles. The van der Waals surface area contributed by atoms with Crippen molar-refractivity contribution >= 4 is 11.7 Å². The molecule has 0 aromatic heterocycles. The number of likely N-dealkylation sites (tertiary alicyclic amines) is 1. The number of benzene rings is 1. The number of nitrogens with one attached hydrogen (secondary N) is 1. The second-order valence-electron chi connectivity index (χ2n) is 6.44. The molecular formula is C17H24FN3O2. The zero-order chi connectivity index (χ0) is 16.2. The second kappa shape index (κ2) is 7.17. The van der Waals surface area contributed by atoms with Gasteiger partial charge in [0.25, 0.3) is 0 Å². The van der Waals surface area contributed by atoms with E-state index in [0.717, 1.165) is 44.6 Å². The average Bonchev–Trinajstić information content (AvgIpc) is 3.22. The van der Waals surface area contributed by atoms with Crippen LogP contribution in [0.3, 0.4) is 0 Å². The van der Waals surface area contributed by atoms with E-state index in [1.54, 1.807) is 17.0 Å². The first-order valence-electron chi connectivity index (χ1n) is 8.33. The number of anilines is 1. The molecule has 2 aliphatic rings. The minimum atomic E-state index is -0.221. The van der Waals surface area contributed by atoms with Crippen LogP contribution in [-0.2, 0) is 0 Å². The third-order valence-electron chi connectivity index (χ3n) is 4.87. The molecule has 2 aliphatic heterocycles. The number of aliphatic hydroxyl groups is 1. The molecule has 1 aromatic rings. The standard InChI is InChI=1S/C17H24FN3O2/c18-14-3-5-15(6-4-14)20-9-7-13(11-20)10-19-17(23)21-8-1-2-16(21)12-22/h3-6,13,16,22H,1-2,7-12H2,(H,19,23). The van der Waals surface area contributed by atoms with Crippen molar-refractivity contribution in [1.29, 1.82) is 0 Å². The van der Waals surface area contributed by atoms with Crippen molar-refractivity contribution in [2.24, 2.45) is 5.92 Å². The number of hydrogen-bond acceptors (Lipinski definition) is 3. The maximum atomic E-state index is 13.0. The number of hydrogen-bond donors (Lipinski definition) is 2. The van der Waals surface area contributed by atoms with Crippen LogP contribution < -0.4 is 10.2 Å². The highest BCUT2D eigenvalue weighted by Gasteiger charge is 2.29. The van der Waals surface area contributed by atoms with E-state index in [9.17, 15) is 14.3 Å². The van der Waals surface area contributed by atoms with Gasteiger partial charge in [0.15, 0.2) is 0 Å². The lowest BCUT2D eigenvalue weighted by molar-refractivity contribution is 0.156. The van der Waals surface area contributed by atoms with Crippen LogP contribution in [0.1, 0.15) is 19.3 Å². The first-order chi connectivity index (χ1) is 11.2. The van der Waals surface area contributed by atoms with E-state index in [2.05, 4.69) is 10.2 Å². The van der Waals surface area contributed by atoms with Gasteiger partial charge in [0, 0.05) is 31.9 Å². The summed E-state index contributed by atoms with van der Waals surface area (Å²) in [6.45, 7) is 3.20. The van der Waals surface area contributed by atoms with Crippen molar-refractivity contribution in [3.8, 4) is 0 Å². The van der Waals surface area contributed by atoms with E-state index in [4.69, 9.17) is 0 Å². The number of amides is 2. The third kappa shape index (κ3) is 3.75. The fourth-order valence-electron chi connectivity index (χ4n) is 3.51. The monoisotopic (exact) mass is 321 g/mol. The molecule has 2 amide bonds. The Kier molecular flexibility index (Phi) is 5.00. The Morgan fingerprint density at radius 1 is 1.26 bits per heavy atom. The molecular weight excluding hydrogens is 297 g/mol. The Morgan fingerprint density at radius 2 is 2.04 bits per heavy atom. The summed E-state index contributed by atoms with van der Waals surface area (Å²) in [7, 11) is 0. The number of urea groups is 1. The topological polar surface area (TPSA) is 55.8 Å². The molecule has 0 radical (unpaired) electrons. The van der Waals surface area contributed by atoms with Gasteiger partial charge in [-0.05, 0) is 49.4 Å². The normalized spacial score (nSPS) is 24.3. The molecule has 5 nitrogen and oxygen atoms in total.